The van der Waals surface area contributed by atoms with E-state index >= 15 is 0 Å². The van der Waals surface area contributed by atoms with E-state index in [4.69, 9.17) is 0 Å². The molecule has 2 rings (SSSR count). The SMILES string of the molecule is Cl.Cl.Fc1ccc(N2CCNCC2)cn1. The number of aromatic nitrogens is 1. The summed E-state index contributed by atoms with van der Waals surface area (Å²) >= 11 is 0. The summed E-state index contributed by atoms with van der Waals surface area (Å²) in [6.07, 6.45) is 1.58. The van der Waals surface area contributed by atoms with Crippen molar-refractivity contribution in [3.8, 4) is 0 Å². The molecule has 0 unspecified atom stereocenters. The van der Waals surface area contributed by atoms with Crippen LogP contribution < -0.4 is 10.2 Å². The van der Waals surface area contributed by atoms with Crippen LogP contribution >= 0.6 is 24.8 Å². The predicted octanol–water partition coefficient (Wildman–Crippen LogP) is 1.47. The Labute approximate surface area is 101 Å². The third-order valence-electron chi connectivity index (χ3n) is 2.19. The Hall–Kier alpha value is -0.580. The van der Waals surface area contributed by atoms with E-state index in [1.807, 2.05) is 0 Å². The smallest absolute Gasteiger partial charge is 0.212 e. The molecule has 1 N–H and O–H groups in total. The maximum atomic E-state index is 12.5. The van der Waals surface area contributed by atoms with Gasteiger partial charge in [-0.3, -0.25) is 0 Å². The summed E-state index contributed by atoms with van der Waals surface area (Å²) in [6, 6.07) is 3.17. The normalized spacial score (nSPS) is 15.1. The molecule has 0 spiro atoms. The fourth-order valence-electron chi connectivity index (χ4n) is 1.48. The van der Waals surface area contributed by atoms with Crippen molar-refractivity contribution in [2.24, 2.45) is 0 Å². The molecule has 1 saturated heterocycles. The van der Waals surface area contributed by atoms with Crippen molar-refractivity contribution in [1.82, 2.24) is 10.3 Å². The second-order valence-corrected chi connectivity index (χ2v) is 3.08. The van der Waals surface area contributed by atoms with E-state index in [2.05, 4.69) is 15.2 Å². The first-order valence-corrected chi connectivity index (χ1v) is 4.43. The maximum Gasteiger partial charge on any atom is 0.212 e. The third-order valence-corrected chi connectivity index (χ3v) is 2.19. The Morgan fingerprint density at radius 2 is 1.87 bits per heavy atom. The summed E-state index contributed by atoms with van der Waals surface area (Å²) in [4.78, 5) is 5.82. The molecule has 15 heavy (non-hydrogen) atoms. The van der Waals surface area contributed by atoms with E-state index in [0.717, 1.165) is 31.9 Å². The number of halogens is 3. The molecule has 2 heterocycles. The number of anilines is 1. The third kappa shape index (κ3) is 3.81. The number of nitrogens with zero attached hydrogens (tertiary/aromatic N) is 2. The highest BCUT2D eigenvalue weighted by molar-refractivity contribution is 5.85. The summed E-state index contributed by atoms with van der Waals surface area (Å²) in [5, 5.41) is 3.26. The Morgan fingerprint density at radius 1 is 1.20 bits per heavy atom. The molecule has 1 aliphatic heterocycles. The first-order valence-electron chi connectivity index (χ1n) is 4.43. The van der Waals surface area contributed by atoms with Gasteiger partial charge in [0.05, 0.1) is 11.9 Å². The van der Waals surface area contributed by atoms with Gasteiger partial charge in [0.2, 0.25) is 5.95 Å². The Kier molecular flexibility index (Phi) is 6.56. The summed E-state index contributed by atoms with van der Waals surface area (Å²) in [5.74, 6) is -0.418. The van der Waals surface area contributed by atoms with Crippen LogP contribution in [0.15, 0.2) is 18.3 Å². The average molecular weight is 254 g/mol. The van der Waals surface area contributed by atoms with Gasteiger partial charge >= 0.3 is 0 Å². The van der Waals surface area contributed by atoms with Crippen molar-refractivity contribution < 1.29 is 4.39 Å². The van der Waals surface area contributed by atoms with E-state index in [1.54, 1.807) is 12.3 Å². The highest BCUT2D eigenvalue weighted by atomic mass is 35.5. The highest BCUT2D eigenvalue weighted by Gasteiger charge is 2.09. The lowest BCUT2D eigenvalue weighted by Crippen LogP contribution is -2.43. The zero-order chi connectivity index (χ0) is 9.10. The van der Waals surface area contributed by atoms with Gasteiger partial charge in [-0.1, -0.05) is 0 Å². The first kappa shape index (κ1) is 14.4. The Bertz CT molecular complexity index is 275. The van der Waals surface area contributed by atoms with Gasteiger partial charge in [-0.05, 0) is 12.1 Å². The van der Waals surface area contributed by atoms with E-state index in [9.17, 15) is 4.39 Å². The maximum absolute atomic E-state index is 12.5. The zero-order valence-electron chi connectivity index (χ0n) is 8.15. The number of hydrogen-bond donors (Lipinski definition) is 1. The number of piperazine rings is 1. The van der Waals surface area contributed by atoms with Crippen molar-refractivity contribution in [2.45, 2.75) is 0 Å². The van der Waals surface area contributed by atoms with Gasteiger partial charge < -0.3 is 10.2 Å². The number of hydrogen-bond acceptors (Lipinski definition) is 3. The largest absolute Gasteiger partial charge is 0.368 e. The number of pyridine rings is 1. The predicted molar refractivity (Wildman–Crippen MR) is 63.8 cm³/mol. The molecule has 0 aliphatic carbocycles. The summed E-state index contributed by atoms with van der Waals surface area (Å²) < 4.78 is 12.5. The molecular weight excluding hydrogens is 240 g/mol. The molecule has 1 fully saturated rings. The summed E-state index contributed by atoms with van der Waals surface area (Å²) in [6.45, 7) is 3.90. The number of rotatable bonds is 1. The van der Waals surface area contributed by atoms with Crippen molar-refractivity contribution in [3.05, 3.63) is 24.3 Å². The molecule has 1 aromatic rings. The van der Waals surface area contributed by atoms with Gasteiger partial charge in [0.15, 0.2) is 0 Å². The van der Waals surface area contributed by atoms with Crippen LogP contribution in [0.1, 0.15) is 0 Å². The van der Waals surface area contributed by atoms with Crippen LogP contribution in [-0.2, 0) is 0 Å². The average Bonchev–Trinajstić information content (AvgIpc) is 2.20. The molecule has 1 aliphatic rings. The number of nitrogens with one attached hydrogen (secondary N) is 1. The Balaban J connectivity index is 0.000000980. The lowest BCUT2D eigenvalue weighted by Gasteiger charge is -2.28. The van der Waals surface area contributed by atoms with E-state index in [0.29, 0.717) is 0 Å². The van der Waals surface area contributed by atoms with Crippen LogP contribution in [0.5, 0.6) is 0 Å². The van der Waals surface area contributed by atoms with Crippen LogP contribution in [0.3, 0.4) is 0 Å². The minimum Gasteiger partial charge on any atom is -0.368 e. The fourth-order valence-corrected chi connectivity index (χ4v) is 1.48. The van der Waals surface area contributed by atoms with Gasteiger partial charge in [0.1, 0.15) is 0 Å². The van der Waals surface area contributed by atoms with E-state index in [1.165, 1.54) is 6.07 Å². The summed E-state index contributed by atoms with van der Waals surface area (Å²) in [5.41, 5.74) is 1.00. The zero-order valence-corrected chi connectivity index (χ0v) is 9.78. The molecule has 0 amide bonds. The molecule has 6 heteroatoms. The second-order valence-electron chi connectivity index (χ2n) is 3.08. The molecule has 0 saturated carbocycles. The van der Waals surface area contributed by atoms with Gasteiger partial charge in [0, 0.05) is 26.2 Å². The monoisotopic (exact) mass is 253 g/mol. The highest BCUT2D eigenvalue weighted by Crippen LogP contribution is 2.12. The molecule has 86 valence electrons. The molecule has 0 radical (unpaired) electrons. The van der Waals surface area contributed by atoms with Crippen LogP contribution in [0.2, 0.25) is 0 Å². The van der Waals surface area contributed by atoms with Crippen molar-refractivity contribution in [3.63, 3.8) is 0 Å². The van der Waals surface area contributed by atoms with Crippen molar-refractivity contribution in [1.29, 1.82) is 0 Å². The molecule has 0 atom stereocenters. The quantitative estimate of drug-likeness (QED) is 0.769. The van der Waals surface area contributed by atoms with Gasteiger partial charge in [0.25, 0.3) is 0 Å². The van der Waals surface area contributed by atoms with E-state index in [-0.39, 0.29) is 24.8 Å². The molecule has 3 nitrogen and oxygen atoms in total. The molecule has 1 aromatic heterocycles. The molecular formula is C9H14Cl2FN3. The topological polar surface area (TPSA) is 28.2 Å². The van der Waals surface area contributed by atoms with Crippen molar-refractivity contribution >= 4 is 30.5 Å². The van der Waals surface area contributed by atoms with Crippen LogP contribution in [0, 0.1) is 5.95 Å². The van der Waals surface area contributed by atoms with Crippen molar-refractivity contribution in [2.75, 3.05) is 31.1 Å². The van der Waals surface area contributed by atoms with Gasteiger partial charge in [-0.15, -0.1) is 24.8 Å². The van der Waals surface area contributed by atoms with E-state index < -0.39 is 5.95 Å². The molecule has 0 aromatic carbocycles. The van der Waals surface area contributed by atoms with Crippen LogP contribution in [0.4, 0.5) is 10.1 Å². The first-order chi connectivity index (χ1) is 6.36. The summed E-state index contributed by atoms with van der Waals surface area (Å²) in [7, 11) is 0. The second kappa shape index (κ2) is 6.82. The minimum atomic E-state index is -0.418. The molecule has 0 bridgehead atoms. The lowest BCUT2D eigenvalue weighted by molar-refractivity contribution is 0.574. The van der Waals surface area contributed by atoms with Gasteiger partial charge in [-0.25, -0.2) is 4.98 Å². The minimum absolute atomic E-state index is 0. The van der Waals surface area contributed by atoms with Gasteiger partial charge in [-0.2, -0.15) is 4.39 Å². The standard InChI is InChI=1S/C9H12FN3.2ClH/c10-9-2-1-8(7-12-9)13-5-3-11-4-6-13;;/h1-2,7,11H,3-6H2;2*1H. The van der Waals surface area contributed by atoms with Crippen LogP contribution in [-0.4, -0.2) is 31.2 Å². The fraction of sp³-hybridized carbons (Fsp3) is 0.444. The lowest BCUT2D eigenvalue weighted by atomic mass is 10.3. The Morgan fingerprint density at radius 3 is 2.40 bits per heavy atom. The van der Waals surface area contributed by atoms with Crippen LogP contribution in [0.25, 0.3) is 0 Å².